The Labute approximate surface area is 144 Å². The van der Waals surface area contributed by atoms with E-state index < -0.39 is 0 Å². The quantitative estimate of drug-likeness (QED) is 0.719. The van der Waals surface area contributed by atoms with E-state index in [-0.39, 0.29) is 12.0 Å². The SMILES string of the molecule is Cc1cc(C[C@@H]2CN(Cc3nnc(-c4cccnc4)o3)C[C@H]2O)n[nH]1. The van der Waals surface area contributed by atoms with Gasteiger partial charge in [-0.2, -0.15) is 5.10 Å². The number of aliphatic hydroxyl groups is 1. The normalized spacial score (nSPS) is 21.0. The second-order valence-corrected chi connectivity index (χ2v) is 6.51. The molecule has 0 amide bonds. The van der Waals surface area contributed by atoms with Crippen LogP contribution < -0.4 is 0 Å². The van der Waals surface area contributed by atoms with Crippen LogP contribution in [-0.2, 0) is 13.0 Å². The summed E-state index contributed by atoms with van der Waals surface area (Å²) >= 11 is 0. The van der Waals surface area contributed by atoms with Crippen molar-refractivity contribution >= 4 is 0 Å². The van der Waals surface area contributed by atoms with Crippen LogP contribution >= 0.6 is 0 Å². The molecule has 2 N–H and O–H groups in total. The van der Waals surface area contributed by atoms with E-state index in [0.717, 1.165) is 29.9 Å². The van der Waals surface area contributed by atoms with Gasteiger partial charge in [-0.3, -0.25) is 15.0 Å². The molecular weight excluding hydrogens is 320 g/mol. The number of H-pyrrole nitrogens is 1. The van der Waals surface area contributed by atoms with E-state index in [9.17, 15) is 5.11 Å². The molecule has 3 aromatic rings. The Kier molecular flexibility index (Phi) is 4.29. The maximum absolute atomic E-state index is 10.3. The molecule has 0 bridgehead atoms. The molecule has 130 valence electrons. The molecule has 0 radical (unpaired) electrons. The second kappa shape index (κ2) is 6.73. The molecule has 0 aliphatic carbocycles. The number of aliphatic hydroxyl groups excluding tert-OH is 1. The Bertz CT molecular complexity index is 831. The molecule has 0 unspecified atom stereocenters. The number of β-amino-alcohol motifs (C(OH)–C–C–N with tert-alkyl or cyclic N) is 1. The van der Waals surface area contributed by atoms with E-state index in [4.69, 9.17) is 4.42 Å². The molecule has 4 rings (SSSR count). The molecule has 25 heavy (non-hydrogen) atoms. The number of pyridine rings is 1. The Hall–Kier alpha value is -2.58. The van der Waals surface area contributed by atoms with Gasteiger partial charge in [-0.15, -0.1) is 10.2 Å². The molecule has 0 spiro atoms. The topological polar surface area (TPSA) is 104 Å². The Morgan fingerprint density at radius 3 is 3.04 bits per heavy atom. The summed E-state index contributed by atoms with van der Waals surface area (Å²) in [4.78, 5) is 6.19. The van der Waals surface area contributed by atoms with Crippen molar-refractivity contribution in [2.24, 2.45) is 5.92 Å². The van der Waals surface area contributed by atoms with Crippen molar-refractivity contribution in [3.8, 4) is 11.5 Å². The Balaban J connectivity index is 1.38. The zero-order chi connectivity index (χ0) is 17.2. The van der Waals surface area contributed by atoms with E-state index in [1.807, 2.05) is 25.1 Å². The van der Waals surface area contributed by atoms with E-state index in [1.165, 1.54) is 0 Å². The first-order valence-electron chi connectivity index (χ1n) is 8.31. The highest BCUT2D eigenvalue weighted by Gasteiger charge is 2.32. The zero-order valence-electron chi connectivity index (χ0n) is 14.0. The van der Waals surface area contributed by atoms with Crippen molar-refractivity contribution in [3.63, 3.8) is 0 Å². The predicted molar refractivity (Wildman–Crippen MR) is 89.3 cm³/mol. The smallest absolute Gasteiger partial charge is 0.249 e. The second-order valence-electron chi connectivity index (χ2n) is 6.51. The van der Waals surface area contributed by atoms with Crippen LogP contribution in [0.3, 0.4) is 0 Å². The summed E-state index contributed by atoms with van der Waals surface area (Å²) in [7, 11) is 0. The molecule has 1 aliphatic rings. The number of aromatic nitrogens is 5. The summed E-state index contributed by atoms with van der Waals surface area (Å²) in [6.45, 7) is 3.88. The van der Waals surface area contributed by atoms with Gasteiger partial charge in [-0.05, 0) is 31.5 Å². The zero-order valence-corrected chi connectivity index (χ0v) is 14.0. The molecule has 2 atom stereocenters. The summed E-state index contributed by atoms with van der Waals surface area (Å²) < 4.78 is 5.72. The van der Waals surface area contributed by atoms with Gasteiger partial charge in [-0.1, -0.05) is 0 Å². The molecule has 8 heteroatoms. The fourth-order valence-corrected chi connectivity index (χ4v) is 3.23. The van der Waals surface area contributed by atoms with Crippen LogP contribution in [0, 0.1) is 12.8 Å². The molecule has 8 nitrogen and oxygen atoms in total. The van der Waals surface area contributed by atoms with Crippen molar-refractivity contribution < 1.29 is 9.52 Å². The van der Waals surface area contributed by atoms with Gasteiger partial charge in [0.2, 0.25) is 11.8 Å². The highest BCUT2D eigenvalue weighted by molar-refractivity contribution is 5.49. The lowest BCUT2D eigenvalue weighted by atomic mass is 10.0. The first-order chi connectivity index (χ1) is 12.2. The molecular formula is C17H20N6O2. The van der Waals surface area contributed by atoms with Crippen molar-refractivity contribution in [2.45, 2.75) is 26.0 Å². The van der Waals surface area contributed by atoms with Gasteiger partial charge in [0.1, 0.15) is 0 Å². The maximum Gasteiger partial charge on any atom is 0.249 e. The maximum atomic E-state index is 10.3. The number of likely N-dealkylation sites (tertiary alicyclic amines) is 1. The monoisotopic (exact) mass is 340 g/mol. The third kappa shape index (κ3) is 3.59. The van der Waals surface area contributed by atoms with Gasteiger partial charge in [0.25, 0.3) is 0 Å². The molecule has 1 saturated heterocycles. The number of aromatic amines is 1. The lowest BCUT2D eigenvalue weighted by Crippen LogP contribution is -2.21. The minimum absolute atomic E-state index is 0.156. The summed E-state index contributed by atoms with van der Waals surface area (Å²) in [6, 6.07) is 5.73. The molecule has 1 fully saturated rings. The fourth-order valence-electron chi connectivity index (χ4n) is 3.23. The molecule has 0 saturated carbocycles. The number of nitrogens with one attached hydrogen (secondary N) is 1. The highest BCUT2D eigenvalue weighted by Crippen LogP contribution is 2.23. The van der Waals surface area contributed by atoms with Crippen LogP contribution in [0.1, 0.15) is 17.3 Å². The summed E-state index contributed by atoms with van der Waals surface area (Å²) in [6.07, 6.45) is 3.77. The van der Waals surface area contributed by atoms with Gasteiger partial charge < -0.3 is 9.52 Å². The van der Waals surface area contributed by atoms with Crippen LogP contribution in [0.4, 0.5) is 0 Å². The van der Waals surface area contributed by atoms with Crippen molar-refractivity contribution in [1.82, 2.24) is 30.3 Å². The molecule has 0 aromatic carbocycles. The molecule has 1 aliphatic heterocycles. The van der Waals surface area contributed by atoms with E-state index in [2.05, 4.69) is 30.3 Å². The lowest BCUT2D eigenvalue weighted by molar-refractivity contribution is 0.139. The number of hydrogen-bond donors (Lipinski definition) is 2. The van der Waals surface area contributed by atoms with Crippen LogP contribution in [0.15, 0.2) is 35.0 Å². The first-order valence-corrected chi connectivity index (χ1v) is 8.31. The van der Waals surface area contributed by atoms with E-state index >= 15 is 0 Å². The third-order valence-corrected chi connectivity index (χ3v) is 4.45. The minimum atomic E-state index is -0.377. The van der Waals surface area contributed by atoms with Gasteiger partial charge in [0, 0.05) is 37.1 Å². The third-order valence-electron chi connectivity index (χ3n) is 4.45. The van der Waals surface area contributed by atoms with E-state index in [0.29, 0.717) is 24.9 Å². The fraction of sp³-hybridized carbons (Fsp3) is 0.412. The first kappa shape index (κ1) is 15.9. The molecule has 3 aromatic heterocycles. The van der Waals surface area contributed by atoms with Crippen molar-refractivity contribution in [2.75, 3.05) is 13.1 Å². The van der Waals surface area contributed by atoms with Crippen molar-refractivity contribution in [3.05, 3.63) is 47.9 Å². The lowest BCUT2D eigenvalue weighted by Gasteiger charge is -2.12. The number of rotatable bonds is 5. The van der Waals surface area contributed by atoms with Gasteiger partial charge >= 0.3 is 0 Å². The van der Waals surface area contributed by atoms with E-state index in [1.54, 1.807) is 12.4 Å². The van der Waals surface area contributed by atoms with Gasteiger partial charge in [0.05, 0.1) is 23.9 Å². The van der Waals surface area contributed by atoms with Gasteiger partial charge in [0.15, 0.2) is 0 Å². The summed E-state index contributed by atoms with van der Waals surface area (Å²) in [5, 5.41) is 25.7. The highest BCUT2D eigenvalue weighted by atomic mass is 16.4. The predicted octanol–water partition coefficient (Wildman–Crippen LogP) is 1.20. The van der Waals surface area contributed by atoms with Crippen LogP contribution in [0.25, 0.3) is 11.5 Å². The Morgan fingerprint density at radius 2 is 2.28 bits per heavy atom. The number of hydrogen-bond acceptors (Lipinski definition) is 7. The van der Waals surface area contributed by atoms with Crippen LogP contribution in [-0.4, -0.2) is 54.6 Å². The summed E-state index contributed by atoms with van der Waals surface area (Å²) in [5.41, 5.74) is 2.82. The average molecular weight is 340 g/mol. The minimum Gasteiger partial charge on any atom is -0.419 e. The van der Waals surface area contributed by atoms with Crippen LogP contribution in [0.2, 0.25) is 0 Å². The van der Waals surface area contributed by atoms with Crippen molar-refractivity contribution in [1.29, 1.82) is 0 Å². The van der Waals surface area contributed by atoms with Crippen LogP contribution in [0.5, 0.6) is 0 Å². The number of nitrogens with zero attached hydrogens (tertiary/aromatic N) is 5. The Morgan fingerprint density at radius 1 is 1.36 bits per heavy atom. The largest absolute Gasteiger partial charge is 0.419 e. The molecule has 4 heterocycles. The summed E-state index contributed by atoms with van der Waals surface area (Å²) in [5.74, 6) is 1.16. The number of aryl methyl sites for hydroxylation is 1. The average Bonchev–Trinajstić information content (AvgIpc) is 3.31. The standard InChI is InChI=1S/C17H20N6O2/c1-11-5-14(20-19-11)6-13-8-23(9-15(13)24)10-16-21-22-17(25-16)12-3-2-4-18-7-12/h2-5,7,13,15,24H,6,8-10H2,1H3,(H,19,20)/t13-,15-/m1/s1. The van der Waals surface area contributed by atoms with Gasteiger partial charge in [-0.25, -0.2) is 0 Å².